The van der Waals surface area contributed by atoms with E-state index in [2.05, 4.69) is 14.1 Å². The zero-order valence-corrected chi connectivity index (χ0v) is 5.28. The van der Waals surface area contributed by atoms with E-state index in [9.17, 15) is 0 Å². The molecular formula is C7H18N+. The molecule has 0 aromatic rings. The highest BCUT2D eigenvalue weighted by molar-refractivity contribution is 4.46. The van der Waals surface area contributed by atoms with Gasteiger partial charge in [0.2, 0.25) is 0 Å². The standard InChI is InChI=1S/C6H14N.CH4/c1-7(2)5-3-4-6-7;/h3-6H2,1-2H3;1H4/q+1;. The van der Waals surface area contributed by atoms with Crippen molar-refractivity contribution in [1.82, 2.24) is 0 Å². The topological polar surface area (TPSA) is 0 Å². The minimum Gasteiger partial charge on any atom is -0.328 e. The van der Waals surface area contributed by atoms with Crippen LogP contribution in [0.25, 0.3) is 0 Å². The first-order valence-electron chi connectivity index (χ1n) is 3.03. The Morgan fingerprint density at radius 3 is 1.50 bits per heavy atom. The molecule has 1 fully saturated rings. The van der Waals surface area contributed by atoms with E-state index in [4.69, 9.17) is 0 Å². The summed E-state index contributed by atoms with van der Waals surface area (Å²) in [6.45, 7) is 2.78. The van der Waals surface area contributed by atoms with E-state index in [1.54, 1.807) is 0 Å². The number of hydrogen-bond donors (Lipinski definition) is 0. The molecule has 1 heteroatoms. The Hall–Kier alpha value is -0.0400. The molecular weight excluding hydrogens is 98.1 g/mol. The first-order chi connectivity index (χ1) is 3.21. The minimum absolute atomic E-state index is 0. The third-order valence-corrected chi connectivity index (χ3v) is 1.78. The van der Waals surface area contributed by atoms with Crippen molar-refractivity contribution in [2.75, 3.05) is 27.2 Å². The lowest BCUT2D eigenvalue weighted by molar-refractivity contribution is -0.877. The molecule has 8 heavy (non-hydrogen) atoms. The summed E-state index contributed by atoms with van der Waals surface area (Å²) < 4.78 is 1.25. The molecule has 1 aliphatic heterocycles. The fraction of sp³-hybridized carbons (Fsp3) is 1.00. The lowest BCUT2D eigenvalue weighted by Gasteiger charge is -2.21. The van der Waals surface area contributed by atoms with Crippen LogP contribution in [0.4, 0.5) is 0 Å². The average molecular weight is 116 g/mol. The maximum absolute atomic E-state index is 2.30. The molecule has 0 spiro atoms. The second-order valence-electron chi connectivity index (χ2n) is 3.09. The number of nitrogens with zero attached hydrogens (tertiary/aromatic N) is 1. The minimum atomic E-state index is 0. The number of hydrogen-bond acceptors (Lipinski definition) is 0. The van der Waals surface area contributed by atoms with Crippen LogP contribution in [0.5, 0.6) is 0 Å². The van der Waals surface area contributed by atoms with Gasteiger partial charge >= 0.3 is 0 Å². The summed E-state index contributed by atoms with van der Waals surface area (Å²) in [5.74, 6) is 0. The second kappa shape index (κ2) is 2.49. The highest BCUT2D eigenvalue weighted by Gasteiger charge is 2.19. The SMILES string of the molecule is C.C[N+]1(C)CCCC1. The van der Waals surface area contributed by atoms with Gasteiger partial charge in [0, 0.05) is 12.8 Å². The Bertz CT molecular complexity index is 58.8. The van der Waals surface area contributed by atoms with E-state index in [0.29, 0.717) is 0 Å². The summed E-state index contributed by atoms with van der Waals surface area (Å²) in [5, 5.41) is 0. The van der Waals surface area contributed by atoms with Crippen molar-refractivity contribution in [2.45, 2.75) is 20.3 Å². The van der Waals surface area contributed by atoms with Crippen LogP contribution in [-0.2, 0) is 0 Å². The van der Waals surface area contributed by atoms with Crippen molar-refractivity contribution < 1.29 is 4.48 Å². The molecule has 0 aromatic carbocycles. The molecule has 1 saturated heterocycles. The third kappa shape index (κ3) is 1.83. The van der Waals surface area contributed by atoms with Crippen LogP contribution in [0.15, 0.2) is 0 Å². The fourth-order valence-corrected chi connectivity index (χ4v) is 1.19. The molecule has 0 bridgehead atoms. The van der Waals surface area contributed by atoms with Gasteiger partial charge < -0.3 is 4.48 Å². The molecule has 1 aliphatic rings. The van der Waals surface area contributed by atoms with Gasteiger partial charge in [0.1, 0.15) is 0 Å². The third-order valence-electron chi connectivity index (χ3n) is 1.78. The highest BCUT2D eigenvalue weighted by Crippen LogP contribution is 2.11. The normalized spacial score (nSPS) is 24.8. The van der Waals surface area contributed by atoms with E-state index >= 15 is 0 Å². The molecule has 1 heterocycles. The molecule has 0 amide bonds. The summed E-state index contributed by atoms with van der Waals surface area (Å²) in [6, 6.07) is 0. The van der Waals surface area contributed by atoms with Gasteiger partial charge in [-0.05, 0) is 0 Å². The lowest BCUT2D eigenvalue weighted by atomic mass is 10.4. The molecule has 0 radical (unpaired) electrons. The predicted octanol–water partition coefficient (Wildman–Crippen LogP) is 1.49. The molecule has 0 unspecified atom stereocenters. The Morgan fingerprint density at radius 2 is 1.38 bits per heavy atom. The van der Waals surface area contributed by atoms with Crippen LogP contribution in [0.3, 0.4) is 0 Å². The van der Waals surface area contributed by atoms with Gasteiger partial charge in [-0.1, -0.05) is 7.43 Å². The second-order valence-corrected chi connectivity index (χ2v) is 3.09. The van der Waals surface area contributed by atoms with E-state index in [0.717, 1.165) is 0 Å². The van der Waals surface area contributed by atoms with Crippen molar-refractivity contribution >= 4 is 0 Å². The molecule has 0 atom stereocenters. The van der Waals surface area contributed by atoms with Gasteiger partial charge in [-0.3, -0.25) is 0 Å². The largest absolute Gasteiger partial charge is 0.328 e. The smallest absolute Gasteiger partial charge is 0.0784 e. The number of rotatable bonds is 0. The molecule has 1 rings (SSSR count). The summed E-state index contributed by atoms with van der Waals surface area (Å²) in [6.07, 6.45) is 2.88. The Kier molecular flexibility index (Phi) is 2.48. The maximum Gasteiger partial charge on any atom is 0.0784 e. The molecule has 1 nitrogen and oxygen atoms in total. The Labute approximate surface area is 52.9 Å². The van der Waals surface area contributed by atoms with Gasteiger partial charge in [0.05, 0.1) is 27.2 Å². The van der Waals surface area contributed by atoms with Gasteiger partial charge in [0.25, 0.3) is 0 Å². The zero-order chi connectivity index (χ0) is 5.33. The van der Waals surface area contributed by atoms with Crippen molar-refractivity contribution in [1.29, 1.82) is 0 Å². The van der Waals surface area contributed by atoms with Crippen molar-refractivity contribution in [3.05, 3.63) is 0 Å². The number of quaternary nitrogens is 1. The van der Waals surface area contributed by atoms with Crippen molar-refractivity contribution in [2.24, 2.45) is 0 Å². The molecule has 0 aliphatic carbocycles. The number of likely N-dealkylation sites (tertiary alicyclic amines) is 1. The van der Waals surface area contributed by atoms with Crippen LogP contribution < -0.4 is 0 Å². The average Bonchev–Trinajstić information content (AvgIpc) is 1.84. The van der Waals surface area contributed by atoms with Crippen LogP contribution in [0, 0.1) is 0 Å². The maximum atomic E-state index is 2.30. The monoisotopic (exact) mass is 116 g/mol. The van der Waals surface area contributed by atoms with E-state index in [1.165, 1.54) is 30.4 Å². The lowest BCUT2D eigenvalue weighted by Crippen LogP contribution is -2.35. The van der Waals surface area contributed by atoms with Crippen molar-refractivity contribution in [3.8, 4) is 0 Å². The summed E-state index contributed by atoms with van der Waals surface area (Å²) in [7, 11) is 4.60. The Morgan fingerprint density at radius 1 is 1.00 bits per heavy atom. The van der Waals surface area contributed by atoms with Gasteiger partial charge in [-0.25, -0.2) is 0 Å². The van der Waals surface area contributed by atoms with Crippen LogP contribution >= 0.6 is 0 Å². The highest BCUT2D eigenvalue weighted by atomic mass is 15.3. The van der Waals surface area contributed by atoms with Gasteiger partial charge in [-0.2, -0.15) is 0 Å². The van der Waals surface area contributed by atoms with Crippen LogP contribution in [0.1, 0.15) is 20.3 Å². The van der Waals surface area contributed by atoms with E-state index in [-0.39, 0.29) is 7.43 Å². The molecule has 0 saturated carbocycles. The molecule has 50 valence electrons. The predicted molar refractivity (Wildman–Crippen MR) is 37.8 cm³/mol. The van der Waals surface area contributed by atoms with E-state index < -0.39 is 0 Å². The van der Waals surface area contributed by atoms with Gasteiger partial charge in [-0.15, -0.1) is 0 Å². The molecule has 0 aromatic heterocycles. The first-order valence-corrected chi connectivity index (χ1v) is 3.03. The Balaban J connectivity index is 0.000000490. The van der Waals surface area contributed by atoms with Gasteiger partial charge in [0.15, 0.2) is 0 Å². The first kappa shape index (κ1) is 7.96. The van der Waals surface area contributed by atoms with Crippen LogP contribution in [0.2, 0.25) is 0 Å². The van der Waals surface area contributed by atoms with Crippen LogP contribution in [-0.4, -0.2) is 31.7 Å². The fourth-order valence-electron chi connectivity index (χ4n) is 1.19. The summed E-state index contributed by atoms with van der Waals surface area (Å²) >= 11 is 0. The summed E-state index contributed by atoms with van der Waals surface area (Å²) in [4.78, 5) is 0. The summed E-state index contributed by atoms with van der Waals surface area (Å²) in [5.41, 5.74) is 0. The quantitative estimate of drug-likeness (QED) is 0.421. The zero-order valence-electron chi connectivity index (χ0n) is 5.28. The van der Waals surface area contributed by atoms with Crippen molar-refractivity contribution in [3.63, 3.8) is 0 Å². The van der Waals surface area contributed by atoms with E-state index in [1.807, 2.05) is 0 Å². The molecule has 0 N–H and O–H groups in total.